The Labute approximate surface area is 361 Å². The van der Waals surface area contributed by atoms with E-state index in [1.54, 1.807) is 0 Å². The Kier molecular flexibility index (Phi) is 39.3. The van der Waals surface area contributed by atoms with Crippen LogP contribution in [0.3, 0.4) is 0 Å². The molecule has 0 radical (unpaired) electrons. The number of carbonyl (C=O) groups is 3. The van der Waals surface area contributed by atoms with Gasteiger partial charge in [-0.05, 0) is 98.2 Å². The van der Waals surface area contributed by atoms with Crippen molar-refractivity contribution in [3.63, 3.8) is 0 Å². The second-order valence-corrected chi connectivity index (χ2v) is 18.3. The molecule has 0 aromatic carbocycles. The number of nitrogens with zero attached hydrogens (tertiary/aromatic N) is 1. The quantitative estimate of drug-likeness (QED) is 0.0372. The van der Waals surface area contributed by atoms with Crippen molar-refractivity contribution in [2.45, 2.75) is 253 Å². The van der Waals surface area contributed by atoms with Crippen LogP contribution in [0.1, 0.15) is 249 Å². The van der Waals surface area contributed by atoms with Gasteiger partial charge in [0, 0.05) is 7.97 Å². The van der Waals surface area contributed by atoms with E-state index in [4.69, 9.17) is 14.2 Å². The maximum absolute atomic E-state index is 12.7. The number of nitrogens with one attached hydrogen (secondary N) is 1. The molecule has 0 aliphatic heterocycles. The average Bonchev–Trinajstić information content (AvgIpc) is 3.19. The summed E-state index contributed by atoms with van der Waals surface area (Å²) >= 11 is 0. The average molecular weight is 825 g/mol. The van der Waals surface area contributed by atoms with E-state index < -0.39 is 5.60 Å². The number of rotatable bonds is 42. The van der Waals surface area contributed by atoms with Gasteiger partial charge in [-0.2, -0.15) is 0 Å². The van der Waals surface area contributed by atoms with Gasteiger partial charge in [0.15, 0.2) is 0 Å². The number of esters is 2. The summed E-state index contributed by atoms with van der Waals surface area (Å²) in [6, 6.07) is 0. The van der Waals surface area contributed by atoms with E-state index in [1.807, 2.05) is 20.8 Å². The van der Waals surface area contributed by atoms with Gasteiger partial charge in [-0.25, -0.2) is 4.79 Å². The SMILES string of the molecule is CCCCCCC(CCCC)C(=O)OCCCCCCCCCN(CCCCCCCCCOC(=O)C(CCCC)CCCCCC)CCCNC(=O)OC(C)(C)C.[HH]. The normalized spacial score (nSPS) is 12.8. The molecule has 0 saturated heterocycles. The Morgan fingerprint density at radius 3 is 1.21 bits per heavy atom. The van der Waals surface area contributed by atoms with Gasteiger partial charge in [0.1, 0.15) is 5.60 Å². The molecule has 1 N–H and O–H groups in total. The number of hydrogen-bond donors (Lipinski definition) is 1. The van der Waals surface area contributed by atoms with Crippen LogP contribution in [0.15, 0.2) is 0 Å². The highest BCUT2D eigenvalue weighted by molar-refractivity contribution is 5.72. The van der Waals surface area contributed by atoms with Crippen LogP contribution in [0.2, 0.25) is 0 Å². The summed E-state index contributed by atoms with van der Waals surface area (Å²) in [4.78, 5) is 40.1. The lowest BCUT2D eigenvalue weighted by Gasteiger charge is -2.23. The lowest BCUT2D eigenvalue weighted by molar-refractivity contribution is -0.150. The molecule has 1 amide bonds. The fraction of sp³-hybridized carbons (Fsp3) is 0.940. The van der Waals surface area contributed by atoms with Gasteiger partial charge in [-0.15, -0.1) is 0 Å². The maximum Gasteiger partial charge on any atom is 0.407 e. The predicted octanol–water partition coefficient (Wildman–Crippen LogP) is 14.6. The number of alkyl carbamates (subject to hydrolysis) is 1. The lowest BCUT2D eigenvalue weighted by atomic mass is 9.95. The van der Waals surface area contributed by atoms with Crippen LogP contribution in [0.25, 0.3) is 0 Å². The second kappa shape index (κ2) is 40.6. The minimum atomic E-state index is -0.481. The molecular weight excluding hydrogens is 725 g/mol. The predicted molar refractivity (Wildman–Crippen MR) is 248 cm³/mol. The summed E-state index contributed by atoms with van der Waals surface area (Å²) in [5, 5.41) is 2.92. The standard InChI is InChI=1S/C50H98N2O6.H2/c1-8-12-16-28-37-45(35-14-10-3)47(53)56-43-32-26-22-18-20-24-30-40-52(42-34-39-51-49(55)58-50(5,6)7)41-31-25-21-19-23-27-33-44-57-48(54)46(36-15-11-4)38-29-17-13-9-2;/h45-46H,8-44H2,1-7H3,(H,51,55);1H. The monoisotopic (exact) mass is 825 g/mol. The largest absolute Gasteiger partial charge is 0.465 e. The highest BCUT2D eigenvalue weighted by atomic mass is 16.6. The highest BCUT2D eigenvalue weighted by Crippen LogP contribution is 2.21. The molecule has 0 bridgehead atoms. The van der Waals surface area contributed by atoms with E-state index in [2.05, 4.69) is 37.9 Å². The Morgan fingerprint density at radius 2 is 0.810 bits per heavy atom. The number of unbranched alkanes of at least 4 members (excludes halogenated alkanes) is 20. The Morgan fingerprint density at radius 1 is 0.466 bits per heavy atom. The number of carbonyl (C=O) groups excluding carboxylic acids is 3. The van der Waals surface area contributed by atoms with Crippen LogP contribution >= 0.6 is 0 Å². The van der Waals surface area contributed by atoms with Crippen molar-refractivity contribution in [1.82, 2.24) is 10.2 Å². The molecule has 0 fully saturated rings. The zero-order valence-electron chi connectivity index (χ0n) is 39.7. The fourth-order valence-corrected chi connectivity index (χ4v) is 7.66. The molecule has 0 aromatic rings. The summed E-state index contributed by atoms with van der Waals surface area (Å²) in [6.07, 6.45) is 35.2. The third kappa shape index (κ3) is 37.2. The third-order valence-electron chi connectivity index (χ3n) is 11.3. The summed E-state index contributed by atoms with van der Waals surface area (Å²) in [7, 11) is 0. The zero-order chi connectivity index (χ0) is 43.0. The smallest absolute Gasteiger partial charge is 0.407 e. The molecule has 0 aromatic heterocycles. The molecule has 0 aliphatic carbocycles. The van der Waals surface area contributed by atoms with Gasteiger partial charge in [-0.3, -0.25) is 9.59 Å². The van der Waals surface area contributed by atoms with Crippen molar-refractivity contribution in [2.75, 3.05) is 39.4 Å². The molecule has 0 aliphatic rings. The van der Waals surface area contributed by atoms with Crippen molar-refractivity contribution in [1.29, 1.82) is 0 Å². The minimum absolute atomic E-state index is 0. The first-order chi connectivity index (χ1) is 28.1. The molecular formula is C50H100N2O6. The Hall–Kier alpha value is -1.83. The zero-order valence-corrected chi connectivity index (χ0v) is 39.7. The number of amides is 1. The molecule has 8 heteroatoms. The summed E-state index contributed by atoms with van der Waals surface area (Å²) in [5.74, 6) is 0.272. The topological polar surface area (TPSA) is 94.2 Å². The van der Waals surface area contributed by atoms with E-state index in [1.165, 1.54) is 103 Å². The van der Waals surface area contributed by atoms with Gasteiger partial charge in [-0.1, -0.05) is 169 Å². The van der Waals surface area contributed by atoms with Crippen LogP contribution in [0.5, 0.6) is 0 Å². The summed E-state index contributed by atoms with van der Waals surface area (Å²) < 4.78 is 16.9. The van der Waals surface area contributed by atoms with E-state index in [-0.39, 0.29) is 31.3 Å². The number of ether oxygens (including phenoxy) is 3. The van der Waals surface area contributed by atoms with Crippen molar-refractivity contribution < 1.29 is 30.0 Å². The minimum Gasteiger partial charge on any atom is -0.465 e. The van der Waals surface area contributed by atoms with E-state index in [0.717, 1.165) is 116 Å². The first-order valence-electron chi connectivity index (χ1n) is 25.1. The lowest BCUT2D eigenvalue weighted by Crippen LogP contribution is -2.35. The van der Waals surface area contributed by atoms with Gasteiger partial charge < -0.3 is 24.4 Å². The molecule has 58 heavy (non-hydrogen) atoms. The van der Waals surface area contributed by atoms with Crippen LogP contribution < -0.4 is 5.32 Å². The van der Waals surface area contributed by atoms with Gasteiger partial charge in [0.25, 0.3) is 0 Å². The van der Waals surface area contributed by atoms with E-state index in [0.29, 0.717) is 19.8 Å². The highest BCUT2D eigenvalue weighted by Gasteiger charge is 2.20. The van der Waals surface area contributed by atoms with Crippen molar-refractivity contribution >= 4 is 18.0 Å². The first-order valence-corrected chi connectivity index (χ1v) is 25.1. The van der Waals surface area contributed by atoms with E-state index >= 15 is 0 Å². The number of hydrogen-bond acceptors (Lipinski definition) is 7. The molecule has 2 unspecified atom stereocenters. The summed E-state index contributed by atoms with van der Waals surface area (Å²) in [5.41, 5.74) is -0.481. The summed E-state index contributed by atoms with van der Waals surface area (Å²) in [6.45, 7) is 19.5. The molecule has 0 rings (SSSR count). The van der Waals surface area contributed by atoms with Gasteiger partial charge in [0.2, 0.25) is 0 Å². The van der Waals surface area contributed by atoms with Crippen molar-refractivity contribution in [2.24, 2.45) is 11.8 Å². The molecule has 2 atom stereocenters. The Bertz CT molecular complexity index is 889. The fourth-order valence-electron chi connectivity index (χ4n) is 7.66. The maximum atomic E-state index is 12.7. The van der Waals surface area contributed by atoms with Gasteiger partial charge in [0.05, 0.1) is 25.0 Å². The van der Waals surface area contributed by atoms with Gasteiger partial charge >= 0.3 is 18.0 Å². The van der Waals surface area contributed by atoms with Crippen LogP contribution in [0.4, 0.5) is 4.79 Å². The van der Waals surface area contributed by atoms with Crippen LogP contribution in [-0.4, -0.2) is 67.9 Å². The van der Waals surface area contributed by atoms with Crippen molar-refractivity contribution in [3.8, 4) is 0 Å². The van der Waals surface area contributed by atoms with Crippen LogP contribution in [0, 0.1) is 11.8 Å². The van der Waals surface area contributed by atoms with E-state index in [9.17, 15) is 14.4 Å². The first kappa shape index (κ1) is 56.2. The molecule has 0 saturated carbocycles. The Balaban J connectivity index is 0. The second-order valence-electron chi connectivity index (χ2n) is 18.3. The molecule has 346 valence electrons. The molecule has 0 heterocycles. The molecule has 0 spiro atoms. The third-order valence-corrected chi connectivity index (χ3v) is 11.3. The van der Waals surface area contributed by atoms with Crippen LogP contribution in [-0.2, 0) is 23.8 Å². The molecule has 8 nitrogen and oxygen atoms in total. The van der Waals surface area contributed by atoms with Crippen molar-refractivity contribution in [3.05, 3.63) is 0 Å².